The molecule has 1 aliphatic rings. The van der Waals surface area contributed by atoms with Crippen molar-refractivity contribution in [2.24, 2.45) is 5.92 Å². The molecule has 5 heteroatoms. The minimum Gasteiger partial charge on any atom is -0.334 e. The molecule has 0 unspecified atom stereocenters. The molecule has 1 atom stereocenters. The van der Waals surface area contributed by atoms with Crippen LogP contribution in [0.3, 0.4) is 0 Å². The van der Waals surface area contributed by atoms with Gasteiger partial charge < -0.3 is 10.2 Å². The van der Waals surface area contributed by atoms with Crippen molar-refractivity contribution in [3.8, 4) is 0 Å². The number of hydrogen-bond donors (Lipinski definition) is 1. The third kappa shape index (κ3) is 4.35. The highest BCUT2D eigenvalue weighted by Gasteiger charge is 2.27. The number of benzene rings is 1. The van der Waals surface area contributed by atoms with Crippen LogP contribution < -0.4 is 5.32 Å². The fourth-order valence-corrected chi connectivity index (χ4v) is 3.03. The topological polar surface area (TPSA) is 32.3 Å². The van der Waals surface area contributed by atoms with Gasteiger partial charge in [-0.05, 0) is 30.5 Å². The highest BCUT2D eigenvalue weighted by Crippen LogP contribution is 2.28. The highest BCUT2D eigenvalue weighted by molar-refractivity contribution is 6.42. The van der Waals surface area contributed by atoms with Gasteiger partial charge in [0.2, 0.25) is 5.91 Å². The molecular weight excluding hydrogens is 307 g/mol. The second kappa shape index (κ2) is 7.48. The van der Waals surface area contributed by atoms with Gasteiger partial charge in [-0.1, -0.05) is 49.2 Å². The van der Waals surface area contributed by atoms with E-state index in [1.165, 1.54) is 0 Å². The SMILES string of the molecule is CC(C)CC(=O)N(Cc1cccc(Cl)c1Cl)[C@H]1CCNC1. The number of nitrogens with one attached hydrogen (secondary N) is 1. The molecule has 0 spiro atoms. The van der Waals surface area contributed by atoms with Gasteiger partial charge in [-0.25, -0.2) is 0 Å². The molecule has 1 aromatic rings. The normalized spacial score (nSPS) is 18.2. The Morgan fingerprint density at radius 3 is 2.81 bits per heavy atom. The van der Waals surface area contributed by atoms with Gasteiger partial charge in [0, 0.05) is 25.6 Å². The van der Waals surface area contributed by atoms with Gasteiger partial charge in [-0.2, -0.15) is 0 Å². The summed E-state index contributed by atoms with van der Waals surface area (Å²) in [7, 11) is 0. The maximum Gasteiger partial charge on any atom is 0.223 e. The Morgan fingerprint density at radius 1 is 1.43 bits per heavy atom. The number of amides is 1. The second-order valence-corrected chi connectivity index (χ2v) is 6.76. The first-order chi connectivity index (χ1) is 9.99. The van der Waals surface area contributed by atoms with Crippen molar-refractivity contribution in [3.05, 3.63) is 33.8 Å². The van der Waals surface area contributed by atoms with E-state index in [2.05, 4.69) is 19.2 Å². The minimum absolute atomic E-state index is 0.190. The van der Waals surface area contributed by atoms with E-state index in [1.54, 1.807) is 6.07 Å². The summed E-state index contributed by atoms with van der Waals surface area (Å²) in [6.07, 6.45) is 1.55. The van der Waals surface area contributed by atoms with E-state index in [9.17, 15) is 4.79 Å². The van der Waals surface area contributed by atoms with E-state index < -0.39 is 0 Å². The summed E-state index contributed by atoms with van der Waals surface area (Å²) < 4.78 is 0. The van der Waals surface area contributed by atoms with E-state index in [0.717, 1.165) is 25.1 Å². The summed E-state index contributed by atoms with van der Waals surface area (Å²) >= 11 is 12.3. The molecule has 1 amide bonds. The lowest BCUT2D eigenvalue weighted by atomic mass is 10.1. The van der Waals surface area contributed by atoms with Crippen LogP contribution in [0.15, 0.2) is 18.2 Å². The second-order valence-electron chi connectivity index (χ2n) is 5.98. The molecule has 0 aliphatic carbocycles. The van der Waals surface area contributed by atoms with E-state index in [-0.39, 0.29) is 11.9 Å². The number of carbonyl (C=O) groups excluding carboxylic acids is 1. The number of nitrogens with zero attached hydrogens (tertiary/aromatic N) is 1. The average Bonchev–Trinajstić information content (AvgIpc) is 2.93. The molecule has 0 aromatic heterocycles. The van der Waals surface area contributed by atoms with Gasteiger partial charge in [0.05, 0.1) is 10.0 Å². The first-order valence-electron chi connectivity index (χ1n) is 7.42. The van der Waals surface area contributed by atoms with Gasteiger partial charge in [0.15, 0.2) is 0 Å². The fraction of sp³-hybridized carbons (Fsp3) is 0.562. The molecule has 1 N–H and O–H groups in total. The van der Waals surface area contributed by atoms with Gasteiger partial charge in [0.1, 0.15) is 0 Å². The van der Waals surface area contributed by atoms with Gasteiger partial charge in [0.25, 0.3) is 0 Å². The predicted molar refractivity (Wildman–Crippen MR) is 87.7 cm³/mol. The lowest BCUT2D eigenvalue weighted by Crippen LogP contribution is -2.41. The van der Waals surface area contributed by atoms with Crippen molar-refractivity contribution < 1.29 is 4.79 Å². The van der Waals surface area contributed by atoms with Crippen molar-refractivity contribution in [3.63, 3.8) is 0 Å². The average molecular weight is 329 g/mol. The molecule has 1 heterocycles. The summed E-state index contributed by atoms with van der Waals surface area (Å²) in [5, 5.41) is 4.41. The molecule has 3 nitrogen and oxygen atoms in total. The standard InChI is InChI=1S/C16H22Cl2N2O/c1-11(2)8-15(21)20(13-6-7-19-9-13)10-12-4-3-5-14(17)16(12)18/h3-5,11,13,19H,6-10H2,1-2H3/t13-/m0/s1. The Balaban J connectivity index is 2.18. The third-order valence-electron chi connectivity index (χ3n) is 3.75. The Morgan fingerprint density at radius 2 is 2.19 bits per heavy atom. The van der Waals surface area contributed by atoms with Crippen molar-refractivity contribution >= 4 is 29.1 Å². The maximum atomic E-state index is 12.6. The van der Waals surface area contributed by atoms with Crippen LogP contribution in [-0.2, 0) is 11.3 Å². The Hall–Kier alpha value is -0.770. The fourth-order valence-electron chi connectivity index (χ4n) is 2.65. The molecule has 21 heavy (non-hydrogen) atoms. The molecule has 116 valence electrons. The van der Waals surface area contributed by atoms with Crippen LogP contribution in [0.25, 0.3) is 0 Å². The van der Waals surface area contributed by atoms with E-state index in [0.29, 0.717) is 28.9 Å². The van der Waals surface area contributed by atoms with Crippen molar-refractivity contribution in [2.45, 2.75) is 39.3 Å². The van der Waals surface area contributed by atoms with Crippen molar-refractivity contribution in [2.75, 3.05) is 13.1 Å². The Kier molecular flexibility index (Phi) is 5.91. The Labute approximate surface area is 136 Å². The van der Waals surface area contributed by atoms with E-state index in [4.69, 9.17) is 23.2 Å². The maximum absolute atomic E-state index is 12.6. The summed E-state index contributed by atoms with van der Waals surface area (Å²) in [5.74, 6) is 0.541. The minimum atomic E-state index is 0.190. The smallest absolute Gasteiger partial charge is 0.223 e. The molecule has 1 saturated heterocycles. The predicted octanol–water partition coefficient (Wildman–Crippen LogP) is 3.73. The van der Waals surface area contributed by atoms with Crippen LogP contribution in [0.2, 0.25) is 10.0 Å². The van der Waals surface area contributed by atoms with Crippen LogP contribution in [0.5, 0.6) is 0 Å². The molecule has 2 rings (SSSR count). The summed E-state index contributed by atoms with van der Waals surface area (Å²) in [6.45, 7) is 6.46. The molecule has 0 bridgehead atoms. The summed E-state index contributed by atoms with van der Waals surface area (Å²) in [5.41, 5.74) is 0.910. The zero-order valence-electron chi connectivity index (χ0n) is 12.5. The van der Waals surface area contributed by atoms with Crippen LogP contribution in [0, 0.1) is 5.92 Å². The molecule has 1 aromatic carbocycles. The molecule has 0 saturated carbocycles. The first-order valence-corrected chi connectivity index (χ1v) is 8.17. The summed E-state index contributed by atoms with van der Waals surface area (Å²) in [4.78, 5) is 14.5. The van der Waals surface area contributed by atoms with Crippen LogP contribution in [-0.4, -0.2) is 29.9 Å². The lowest BCUT2D eigenvalue weighted by molar-refractivity contribution is -0.134. The molecule has 1 fully saturated rings. The highest BCUT2D eigenvalue weighted by atomic mass is 35.5. The zero-order valence-corrected chi connectivity index (χ0v) is 14.0. The quantitative estimate of drug-likeness (QED) is 0.893. The van der Waals surface area contributed by atoms with Crippen molar-refractivity contribution in [1.29, 1.82) is 0 Å². The third-order valence-corrected chi connectivity index (χ3v) is 4.61. The first kappa shape index (κ1) is 16.6. The van der Waals surface area contributed by atoms with E-state index in [1.807, 2.05) is 17.0 Å². The van der Waals surface area contributed by atoms with Gasteiger partial charge in [-0.3, -0.25) is 4.79 Å². The number of carbonyl (C=O) groups is 1. The largest absolute Gasteiger partial charge is 0.334 e. The molecular formula is C16H22Cl2N2O. The monoisotopic (exact) mass is 328 g/mol. The zero-order chi connectivity index (χ0) is 15.4. The Bertz CT molecular complexity index is 499. The number of hydrogen-bond acceptors (Lipinski definition) is 2. The van der Waals surface area contributed by atoms with Crippen molar-refractivity contribution in [1.82, 2.24) is 10.2 Å². The number of rotatable bonds is 5. The van der Waals surface area contributed by atoms with Crippen LogP contribution in [0.1, 0.15) is 32.3 Å². The van der Waals surface area contributed by atoms with E-state index >= 15 is 0 Å². The van der Waals surface area contributed by atoms with Gasteiger partial charge in [-0.15, -0.1) is 0 Å². The molecule has 0 radical (unpaired) electrons. The number of halogens is 2. The molecule has 1 aliphatic heterocycles. The van der Waals surface area contributed by atoms with Crippen LogP contribution in [0.4, 0.5) is 0 Å². The van der Waals surface area contributed by atoms with Gasteiger partial charge >= 0.3 is 0 Å². The lowest BCUT2D eigenvalue weighted by Gasteiger charge is -2.30. The van der Waals surface area contributed by atoms with Crippen LogP contribution >= 0.6 is 23.2 Å². The summed E-state index contributed by atoms with van der Waals surface area (Å²) in [6, 6.07) is 5.82.